The van der Waals surface area contributed by atoms with Crippen LogP contribution < -0.4 is 10.1 Å². The second kappa shape index (κ2) is 8.83. The maximum Gasteiger partial charge on any atom is 0.246 e. The summed E-state index contributed by atoms with van der Waals surface area (Å²) in [4.78, 5) is 12.9. The summed E-state index contributed by atoms with van der Waals surface area (Å²) in [6, 6.07) is 9.00. The fourth-order valence-corrected chi connectivity index (χ4v) is 6.47. The van der Waals surface area contributed by atoms with E-state index in [-0.39, 0.29) is 17.2 Å². The van der Waals surface area contributed by atoms with E-state index in [1.54, 1.807) is 18.4 Å². The van der Waals surface area contributed by atoms with Crippen LogP contribution in [0, 0.1) is 0 Å². The Bertz CT molecular complexity index is 1310. The smallest absolute Gasteiger partial charge is 0.246 e. The lowest BCUT2D eigenvalue weighted by molar-refractivity contribution is -0.115. The van der Waals surface area contributed by atoms with Crippen LogP contribution >= 0.6 is 0 Å². The summed E-state index contributed by atoms with van der Waals surface area (Å²) in [6.45, 7) is 3.17. The number of fused-ring (bicyclic) bond motifs is 2. The summed E-state index contributed by atoms with van der Waals surface area (Å²) in [7, 11) is -3.69. The first kappa shape index (κ1) is 22.0. The first-order chi connectivity index (χ1) is 16.0. The second-order valence-electron chi connectivity index (χ2n) is 8.66. The Morgan fingerprint density at radius 1 is 1.09 bits per heavy atom. The molecule has 2 heterocycles. The van der Waals surface area contributed by atoms with Crippen molar-refractivity contribution in [1.82, 2.24) is 4.31 Å². The number of nitrogens with one attached hydrogen (secondary N) is 1. The molecule has 0 bridgehead atoms. The van der Waals surface area contributed by atoms with Gasteiger partial charge in [-0.15, -0.1) is 0 Å². The maximum absolute atomic E-state index is 13.2. The van der Waals surface area contributed by atoms with Crippen LogP contribution in [0.25, 0.3) is 11.0 Å². The number of nitrogens with zero attached hydrogens (tertiary/aromatic N) is 1. The zero-order chi connectivity index (χ0) is 23.0. The molecule has 1 saturated heterocycles. The van der Waals surface area contributed by atoms with Gasteiger partial charge in [-0.1, -0.05) is 0 Å². The number of ether oxygens (including phenoxy) is 1. The van der Waals surface area contributed by atoms with Crippen molar-refractivity contribution < 1.29 is 22.4 Å². The van der Waals surface area contributed by atoms with Gasteiger partial charge in [0.25, 0.3) is 0 Å². The number of sulfonamides is 1. The van der Waals surface area contributed by atoms with E-state index in [1.807, 2.05) is 6.92 Å². The van der Waals surface area contributed by atoms with Gasteiger partial charge in [-0.25, -0.2) is 8.42 Å². The standard InChI is InChI=1S/C25H28N2O5S/c1-2-31-22-9-8-20(15-24(22)33(29,30)27-10-3-4-11-27)26-25(28)14-19-16-32-23-13-18-7-5-6-17(18)12-21(19)23/h8-9,12-13,15-16H,2-7,10-11,14H2,1H3,(H,26,28). The minimum atomic E-state index is -3.69. The molecule has 0 spiro atoms. The van der Waals surface area contributed by atoms with Crippen molar-refractivity contribution in [3.05, 3.63) is 53.3 Å². The van der Waals surface area contributed by atoms with Gasteiger partial charge in [0.1, 0.15) is 16.2 Å². The van der Waals surface area contributed by atoms with Gasteiger partial charge < -0.3 is 14.5 Å². The molecular formula is C25H28N2O5S. The van der Waals surface area contributed by atoms with Gasteiger partial charge in [0.2, 0.25) is 15.9 Å². The number of anilines is 1. The molecule has 1 aromatic heterocycles. The summed E-state index contributed by atoms with van der Waals surface area (Å²) in [5, 5.41) is 3.82. The van der Waals surface area contributed by atoms with Crippen molar-refractivity contribution in [2.45, 2.75) is 50.3 Å². The lowest BCUT2D eigenvalue weighted by Gasteiger charge is -2.19. The third-order valence-corrected chi connectivity index (χ3v) is 8.35. The lowest BCUT2D eigenvalue weighted by atomic mass is 10.0. The van der Waals surface area contributed by atoms with Crippen molar-refractivity contribution in [1.29, 1.82) is 0 Å². The molecule has 1 aliphatic heterocycles. The van der Waals surface area contributed by atoms with Crippen molar-refractivity contribution in [2.24, 2.45) is 0 Å². The molecule has 8 heteroatoms. The second-order valence-corrected chi connectivity index (χ2v) is 10.6. The Morgan fingerprint density at radius 3 is 2.61 bits per heavy atom. The molecule has 3 aromatic rings. The van der Waals surface area contributed by atoms with Crippen LogP contribution in [0.2, 0.25) is 0 Å². The van der Waals surface area contributed by atoms with Crippen LogP contribution in [0.5, 0.6) is 5.75 Å². The molecule has 0 unspecified atom stereocenters. The van der Waals surface area contributed by atoms with Crippen molar-refractivity contribution >= 4 is 32.6 Å². The average Bonchev–Trinajstić information content (AvgIpc) is 3.55. The van der Waals surface area contributed by atoms with Crippen LogP contribution in [-0.2, 0) is 34.1 Å². The number of carbonyl (C=O) groups is 1. The molecule has 1 aliphatic carbocycles. The summed E-state index contributed by atoms with van der Waals surface area (Å²) < 4.78 is 39.1. The highest BCUT2D eigenvalue weighted by Crippen LogP contribution is 2.33. The van der Waals surface area contributed by atoms with Gasteiger partial charge in [-0.2, -0.15) is 4.31 Å². The van der Waals surface area contributed by atoms with Gasteiger partial charge in [-0.3, -0.25) is 4.79 Å². The molecule has 0 atom stereocenters. The van der Waals surface area contributed by atoms with E-state index in [0.717, 1.165) is 48.6 Å². The zero-order valence-corrected chi connectivity index (χ0v) is 19.5. The molecule has 33 heavy (non-hydrogen) atoms. The molecule has 1 amide bonds. The summed E-state index contributed by atoms with van der Waals surface area (Å²) >= 11 is 0. The molecule has 174 valence electrons. The fourth-order valence-electron chi connectivity index (χ4n) is 4.79. The topological polar surface area (TPSA) is 88.8 Å². The number of benzene rings is 2. The highest BCUT2D eigenvalue weighted by molar-refractivity contribution is 7.89. The van der Waals surface area contributed by atoms with Crippen LogP contribution in [0.3, 0.4) is 0 Å². The van der Waals surface area contributed by atoms with E-state index in [4.69, 9.17) is 9.15 Å². The highest BCUT2D eigenvalue weighted by Gasteiger charge is 2.30. The Morgan fingerprint density at radius 2 is 1.85 bits per heavy atom. The predicted octanol–water partition coefficient (Wildman–Crippen LogP) is 4.29. The van der Waals surface area contributed by atoms with Gasteiger partial charge in [0.15, 0.2) is 0 Å². The molecule has 0 radical (unpaired) electrons. The van der Waals surface area contributed by atoms with E-state index in [2.05, 4.69) is 17.4 Å². The minimum Gasteiger partial charge on any atom is -0.492 e. The Labute approximate surface area is 193 Å². The fraction of sp³-hybridized carbons (Fsp3) is 0.400. The Kier molecular flexibility index (Phi) is 5.88. The molecule has 7 nitrogen and oxygen atoms in total. The van der Waals surface area contributed by atoms with Gasteiger partial charge in [0, 0.05) is 29.7 Å². The number of furan rings is 1. The van der Waals surface area contributed by atoms with Crippen LogP contribution in [0.4, 0.5) is 5.69 Å². The number of rotatable bonds is 7. The van der Waals surface area contributed by atoms with Crippen molar-refractivity contribution in [3.63, 3.8) is 0 Å². The van der Waals surface area contributed by atoms with E-state index >= 15 is 0 Å². The largest absolute Gasteiger partial charge is 0.492 e. The van der Waals surface area contributed by atoms with Crippen molar-refractivity contribution in [3.8, 4) is 5.75 Å². The Balaban J connectivity index is 1.38. The molecule has 1 fully saturated rings. The predicted molar refractivity (Wildman–Crippen MR) is 126 cm³/mol. The van der Waals surface area contributed by atoms with Gasteiger partial charge in [-0.05, 0) is 80.5 Å². The third kappa shape index (κ3) is 4.25. The monoisotopic (exact) mass is 468 g/mol. The maximum atomic E-state index is 13.2. The van der Waals surface area contributed by atoms with E-state index < -0.39 is 10.0 Å². The Hall–Kier alpha value is -2.84. The summed E-state index contributed by atoms with van der Waals surface area (Å²) in [5.74, 6) is 0.0731. The van der Waals surface area contributed by atoms with Crippen LogP contribution in [-0.4, -0.2) is 38.3 Å². The highest BCUT2D eigenvalue weighted by atomic mass is 32.2. The molecule has 0 saturated carbocycles. The number of hydrogen-bond acceptors (Lipinski definition) is 5. The SMILES string of the molecule is CCOc1ccc(NC(=O)Cc2coc3cc4c(cc23)CCC4)cc1S(=O)(=O)N1CCCC1. The quantitative estimate of drug-likeness (QED) is 0.559. The lowest BCUT2D eigenvalue weighted by Crippen LogP contribution is -2.28. The van der Waals surface area contributed by atoms with Gasteiger partial charge in [0.05, 0.1) is 19.3 Å². The number of hydrogen-bond donors (Lipinski definition) is 1. The van der Waals surface area contributed by atoms with E-state index in [9.17, 15) is 13.2 Å². The summed E-state index contributed by atoms with van der Waals surface area (Å²) in [6.07, 6.45) is 6.76. The van der Waals surface area contributed by atoms with Crippen molar-refractivity contribution in [2.75, 3.05) is 25.0 Å². The normalized spacial score (nSPS) is 16.3. The molecule has 1 N–H and O–H groups in total. The summed E-state index contributed by atoms with van der Waals surface area (Å²) in [5.41, 5.74) is 4.71. The average molecular weight is 469 g/mol. The first-order valence-electron chi connectivity index (χ1n) is 11.5. The van der Waals surface area contributed by atoms with E-state index in [0.29, 0.717) is 31.1 Å². The van der Waals surface area contributed by atoms with Crippen LogP contribution in [0.15, 0.2) is 45.9 Å². The van der Waals surface area contributed by atoms with Crippen LogP contribution in [0.1, 0.15) is 42.9 Å². The van der Waals surface area contributed by atoms with Gasteiger partial charge >= 0.3 is 0 Å². The first-order valence-corrected chi connectivity index (χ1v) is 13.0. The molecule has 2 aliphatic rings. The molecule has 2 aromatic carbocycles. The number of aryl methyl sites for hydroxylation is 2. The molecular weight excluding hydrogens is 440 g/mol. The number of amides is 1. The molecule has 5 rings (SSSR count). The number of carbonyl (C=O) groups excluding carboxylic acids is 1. The third-order valence-electron chi connectivity index (χ3n) is 6.43. The van der Waals surface area contributed by atoms with E-state index in [1.165, 1.54) is 21.5 Å². The zero-order valence-electron chi connectivity index (χ0n) is 18.7. The minimum absolute atomic E-state index is 0.0911.